The lowest BCUT2D eigenvalue weighted by atomic mass is 9.88. The predicted molar refractivity (Wildman–Crippen MR) is 74.7 cm³/mol. The summed E-state index contributed by atoms with van der Waals surface area (Å²) < 4.78 is 2.07. The average molecular weight is 246 g/mol. The SMILES string of the molecule is Cc1nc(C(C)(C)C)c2c(CCN)cn(C)c2n1. The van der Waals surface area contributed by atoms with Crippen LogP contribution in [0.2, 0.25) is 0 Å². The molecule has 98 valence electrons. The fourth-order valence-electron chi connectivity index (χ4n) is 2.36. The first-order chi connectivity index (χ1) is 8.34. The Hall–Kier alpha value is -1.42. The van der Waals surface area contributed by atoms with E-state index in [0.29, 0.717) is 6.54 Å². The molecule has 0 radical (unpaired) electrons. The second-order valence-corrected chi connectivity index (χ2v) is 5.87. The van der Waals surface area contributed by atoms with Crippen LogP contribution in [-0.2, 0) is 18.9 Å². The van der Waals surface area contributed by atoms with Crippen LogP contribution in [-0.4, -0.2) is 21.1 Å². The number of nitrogens with zero attached hydrogens (tertiary/aromatic N) is 3. The summed E-state index contributed by atoms with van der Waals surface area (Å²) in [5.41, 5.74) is 9.09. The van der Waals surface area contributed by atoms with Gasteiger partial charge in [-0.25, -0.2) is 9.97 Å². The van der Waals surface area contributed by atoms with Gasteiger partial charge in [0.05, 0.1) is 5.69 Å². The summed E-state index contributed by atoms with van der Waals surface area (Å²) in [5, 5.41) is 1.18. The fraction of sp³-hybridized carbons (Fsp3) is 0.571. The van der Waals surface area contributed by atoms with Crippen molar-refractivity contribution in [1.29, 1.82) is 0 Å². The summed E-state index contributed by atoms with van der Waals surface area (Å²) in [5.74, 6) is 0.827. The first kappa shape index (κ1) is 13.0. The van der Waals surface area contributed by atoms with E-state index in [4.69, 9.17) is 5.73 Å². The molecule has 4 heteroatoms. The third kappa shape index (κ3) is 2.12. The minimum Gasteiger partial charge on any atom is -0.335 e. The summed E-state index contributed by atoms with van der Waals surface area (Å²) in [4.78, 5) is 9.23. The lowest BCUT2D eigenvalue weighted by Crippen LogP contribution is -2.16. The summed E-state index contributed by atoms with van der Waals surface area (Å²) in [6, 6.07) is 0. The molecule has 0 aliphatic carbocycles. The van der Waals surface area contributed by atoms with Gasteiger partial charge in [-0.3, -0.25) is 0 Å². The molecule has 0 amide bonds. The Bertz CT molecular complexity index is 575. The molecule has 0 fully saturated rings. The Kier molecular flexibility index (Phi) is 3.15. The third-order valence-electron chi connectivity index (χ3n) is 3.13. The van der Waals surface area contributed by atoms with Crippen LogP contribution >= 0.6 is 0 Å². The molecule has 0 aliphatic heterocycles. The first-order valence-corrected chi connectivity index (χ1v) is 6.37. The van der Waals surface area contributed by atoms with Crippen LogP contribution in [0, 0.1) is 6.92 Å². The molecule has 0 bridgehead atoms. The van der Waals surface area contributed by atoms with Gasteiger partial charge in [-0.2, -0.15) is 0 Å². The van der Waals surface area contributed by atoms with Crippen molar-refractivity contribution in [2.45, 2.75) is 39.5 Å². The van der Waals surface area contributed by atoms with Crippen molar-refractivity contribution in [3.63, 3.8) is 0 Å². The van der Waals surface area contributed by atoms with Crippen molar-refractivity contribution >= 4 is 11.0 Å². The summed E-state index contributed by atoms with van der Waals surface area (Å²) in [6.07, 6.45) is 2.99. The first-order valence-electron chi connectivity index (χ1n) is 6.37. The molecular formula is C14H22N4. The molecule has 0 spiro atoms. The van der Waals surface area contributed by atoms with Gasteiger partial charge in [-0.1, -0.05) is 20.8 Å². The van der Waals surface area contributed by atoms with Crippen molar-refractivity contribution in [2.24, 2.45) is 12.8 Å². The van der Waals surface area contributed by atoms with E-state index in [0.717, 1.165) is 23.6 Å². The zero-order valence-electron chi connectivity index (χ0n) is 11.9. The second kappa shape index (κ2) is 4.35. The molecule has 2 N–H and O–H groups in total. The monoisotopic (exact) mass is 246 g/mol. The average Bonchev–Trinajstić information content (AvgIpc) is 2.54. The van der Waals surface area contributed by atoms with Gasteiger partial charge in [0.15, 0.2) is 0 Å². The van der Waals surface area contributed by atoms with Crippen LogP contribution in [0.4, 0.5) is 0 Å². The van der Waals surface area contributed by atoms with Crippen LogP contribution < -0.4 is 5.73 Å². The van der Waals surface area contributed by atoms with Crippen LogP contribution in [0.1, 0.15) is 37.9 Å². The van der Waals surface area contributed by atoms with Crippen LogP contribution in [0.25, 0.3) is 11.0 Å². The van der Waals surface area contributed by atoms with E-state index in [1.165, 1.54) is 10.9 Å². The highest BCUT2D eigenvalue weighted by Crippen LogP contribution is 2.31. The molecule has 4 nitrogen and oxygen atoms in total. The molecule has 2 heterocycles. The highest BCUT2D eigenvalue weighted by atomic mass is 15.0. The smallest absolute Gasteiger partial charge is 0.143 e. The number of hydrogen-bond acceptors (Lipinski definition) is 3. The van der Waals surface area contributed by atoms with Gasteiger partial charge in [0, 0.05) is 24.0 Å². The fourth-order valence-corrected chi connectivity index (χ4v) is 2.36. The van der Waals surface area contributed by atoms with Crippen molar-refractivity contribution in [1.82, 2.24) is 14.5 Å². The Morgan fingerprint density at radius 2 is 1.94 bits per heavy atom. The van der Waals surface area contributed by atoms with Gasteiger partial charge in [0.1, 0.15) is 11.5 Å². The number of fused-ring (bicyclic) bond motifs is 1. The van der Waals surface area contributed by atoms with Gasteiger partial charge >= 0.3 is 0 Å². The normalized spacial score (nSPS) is 12.3. The zero-order chi connectivity index (χ0) is 13.5. The maximum Gasteiger partial charge on any atom is 0.143 e. The van der Waals surface area contributed by atoms with Crippen molar-refractivity contribution in [3.8, 4) is 0 Å². The van der Waals surface area contributed by atoms with Gasteiger partial charge in [-0.15, -0.1) is 0 Å². The molecular weight excluding hydrogens is 224 g/mol. The Labute approximate surface area is 108 Å². The molecule has 0 unspecified atom stereocenters. The number of nitrogens with two attached hydrogens (primary N) is 1. The van der Waals surface area contributed by atoms with Gasteiger partial charge in [-0.05, 0) is 25.5 Å². The topological polar surface area (TPSA) is 56.7 Å². The highest BCUT2D eigenvalue weighted by Gasteiger charge is 2.23. The van der Waals surface area contributed by atoms with Crippen molar-refractivity contribution in [2.75, 3.05) is 6.54 Å². The Balaban J connectivity index is 2.83. The summed E-state index contributed by atoms with van der Waals surface area (Å²) >= 11 is 0. The minimum absolute atomic E-state index is 0.0106. The zero-order valence-corrected chi connectivity index (χ0v) is 11.9. The number of rotatable bonds is 2. The third-order valence-corrected chi connectivity index (χ3v) is 3.13. The van der Waals surface area contributed by atoms with E-state index in [1.807, 2.05) is 14.0 Å². The van der Waals surface area contributed by atoms with E-state index in [9.17, 15) is 0 Å². The van der Waals surface area contributed by atoms with Gasteiger partial charge < -0.3 is 10.3 Å². The van der Waals surface area contributed by atoms with E-state index >= 15 is 0 Å². The van der Waals surface area contributed by atoms with Crippen LogP contribution in [0.5, 0.6) is 0 Å². The lowest BCUT2D eigenvalue weighted by Gasteiger charge is -2.20. The van der Waals surface area contributed by atoms with E-state index in [1.54, 1.807) is 0 Å². The van der Waals surface area contributed by atoms with Crippen molar-refractivity contribution < 1.29 is 0 Å². The Morgan fingerprint density at radius 3 is 2.50 bits per heavy atom. The Morgan fingerprint density at radius 1 is 1.28 bits per heavy atom. The van der Waals surface area contributed by atoms with Crippen molar-refractivity contribution in [3.05, 3.63) is 23.3 Å². The minimum atomic E-state index is 0.0106. The molecule has 2 aromatic heterocycles. The standard InChI is InChI=1S/C14H22N4/c1-9-16-12(14(2,3)4)11-10(6-7-15)8-18(5)13(11)17-9/h8H,6-7,15H2,1-5H3. The van der Waals surface area contributed by atoms with E-state index < -0.39 is 0 Å². The molecule has 0 aromatic carbocycles. The largest absolute Gasteiger partial charge is 0.335 e. The molecule has 0 saturated carbocycles. The quantitative estimate of drug-likeness (QED) is 0.882. The number of hydrogen-bond donors (Lipinski definition) is 1. The van der Waals surface area contributed by atoms with Gasteiger partial charge in [0.2, 0.25) is 0 Å². The molecule has 0 aliphatic rings. The molecule has 18 heavy (non-hydrogen) atoms. The van der Waals surface area contributed by atoms with E-state index in [-0.39, 0.29) is 5.41 Å². The number of aromatic nitrogens is 3. The van der Waals surface area contributed by atoms with E-state index in [2.05, 4.69) is 41.5 Å². The maximum absolute atomic E-state index is 5.70. The second-order valence-electron chi connectivity index (χ2n) is 5.87. The maximum atomic E-state index is 5.70. The number of aryl methyl sites for hydroxylation is 2. The lowest BCUT2D eigenvalue weighted by molar-refractivity contribution is 0.571. The predicted octanol–water partition coefficient (Wildman–Crippen LogP) is 2.08. The highest BCUT2D eigenvalue weighted by molar-refractivity contribution is 5.84. The van der Waals surface area contributed by atoms with Gasteiger partial charge in [0.25, 0.3) is 0 Å². The summed E-state index contributed by atoms with van der Waals surface area (Å²) in [6.45, 7) is 9.16. The van der Waals surface area contributed by atoms with Crippen LogP contribution in [0.3, 0.4) is 0 Å². The summed E-state index contributed by atoms with van der Waals surface area (Å²) in [7, 11) is 2.03. The molecule has 0 atom stereocenters. The van der Waals surface area contributed by atoms with Crippen LogP contribution in [0.15, 0.2) is 6.20 Å². The molecule has 0 saturated heterocycles. The molecule has 2 aromatic rings. The molecule has 2 rings (SSSR count).